The Bertz CT molecular complexity index is 1200. The smallest absolute Gasteiger partial charge is 0.322 e. The molecule has 0 saturated heterocycles. The van der Waals surface area contributed by atoms with Crippen molar-refractivity contribution in [3.05, 3.63) is 64.3 Å². The number of carbonyl (C=O) groups excluding carboxylic acids is 1. The molecule has 0 spiro atoms. The van der Waals surface area contributed by atoms with Crippen LogP contribution >= 0.6 is 23.2 Å². The van der Waals surface area contributed by atoms with E-state index in [1.165, 1.54) is 0 Å². The molecule has 0 fully saturated rings. The molecule has 1 N–H and O–H groups in total. The van der Waals surface area contributed by atoms with Crippen molar-refractivity contribution in [1.82, 2.24) is 15.2 Å². The summed E-state index contributed by atoms with van der Waals surface area (Å²) in [5.41, 5.74) is 2.00. The fourth-order valence-electron chi connectivity index (χ4n) is 2.69. The molecule has 0 aliphatic heterocycles. The highest BCUT2D eigenvalue weighted by Gasteiger charge is 2.16. The summed E-state index contributed by atoms with van der Waals surface area (Å²) >= 11 is 12.5. The molecule has 0 aliphatic rings. The van der Waals surface area contributed by atoms with Crippen LogP contribution in [-0.4, -0.2) is 27.7 Å². The van der Waals surface area contributed by atoms with Gasteiger partial charge in [0, 0.05) is 16.6 Å². The molecule has 0 bridgehead atoms. The van der Waals surface area contributed by atoms with Gasteiger partial charge in [0.2, 0.25) is 5.89 Å². The number of nitrogens with one attached hydrogen (secondary N) is 1. The number of rotatable bonds is 5. The molecule has 0 unspecified atom stereocenters. The van der Waals surface area contributed by atoms with E-state index in [9.17, 15) is 4.79 Å². The molecule has 7 nitrogen and oxygen atoms in total. The third-order valence-corrected chi connectivity index (χ3v) is 4.61. The highest BCUT2D eigenvalue weighted by molar-refractivity contribution is 6.39. The van der Waals surface area contributed by atoms with Crippen molar-refractivity contribution in [1.29, 1.82) is 0 Å². The number of halogens is 2. The Labute approximate surface area is 175 Å². The first-order valence-electron chi connectivity index (χ1n) is 8.58. The van der Waals surface area contributed by atoms with Crippen molar-refractivity contribution in [2.24, 2.45) is 0 Å². The highest BCUT2D eigenvalue weighted by Crippen LogP contribution is 2.37. The zero-order valence-electron chi connectivity index (χ0n) is 15.1. The van der Waals surface area contributed by atoms with Crippen molar-refractivity contribution in [2.75, 3.05) is 11.9 Å². The van der Waals surface area contributed by atoms with Crippen LogP contribution in [0.2, 0.25) is 10.0 Å². The van der Waals surface area contributed by atoms with Crippen LogP contribution in [0.15, 0.2) is 52.9 Å². The number of aryl methyl sites for hydroxylation is 1. The zero-order chi connectivity index (χ0) is 20.4. The molecule has 9 heteroatoms. The van der Waals surface area contributed by atoms with Crippen molar-refractivity contribution in [2.45, 2.75) is 6.92 Å². The normalized spacial score (nSPS) is 10.9. The second-order valence-electron chi connectivity index (χ2n) is 6.13. The van der Waals surface area contributed by atoms with Gasteiger partial charge in [-0.15, -0.1) is 5.10 Å². The van der Waals surface area contributed by atoms with E-state index in [0.717, 1.165) is 11.3 Å². The minimum Gasteiger partial charge on any atom is -0.480 e. The predicted molar refractivity (Wildman–Crippen MR) is 110 cm³/mol. The molecule has 0 atom stereocenters. The largest absolute Gasteiger partial charge is 0.480 e. The highest BCUT2D eigenvalue weighted by atomic mass is 35.5. The summed E-state index contributed by atoms with van der Waals surface area (Å²) in [6, 6.07) is 14.4. The zero-order valence-corrected chi connectivity index (χ0v) is 16.7. The Morgan fingerprint density at radius 1 is 1.10 bits per heavy atom. The standard InChI is InChI=1S/C20H14Cl2N4O3/c1-11-7-8-13-14(21)9-15(22)18(17(13)23-11)28-10-16(27)24-20-26-25-19(29-20)12-5-3-2-4-6-12/h2-9H,10H2,1H3,(H,24,26,27). The number of aromatic nitrogens is 3. The first-order chi connectivity index (χ1) is 14.0. The van der Waals surface area contributed by atoms with Gasteiger partial charge in [-0.3, -0.25) is 10.1 Å². The van der Waals surface area contributed by atoms with Crippen LogP contribution in [0.3, 0.4) is 0 Å². The third-order valence-electron chi connectivity index (χ3n) is 4.02. The van der Waals surface area contributed by atoms with Crippen molar-refractivity contribution in [3.63, 3.8) is 0 Å². The van der Waals surface area contributed by atoms with Gasteiger partial charge in [0.05, 0.1) is 10.0 Å². The van der Waals surface area contributed by atoms with E-state index in [1.807, 2.05) is 49.4 Å². The summed E-state index contributed by atoms with van der Waals surface area (Å²) in [5.74, 6) is 0.0914. The number of anilines is 1. The maximum absolute atomic E-state index is 12.3. The summed E-state index contributed by atoms with van der Waals surface area (Å²) in [7, 11) is 0. The maximum Gasteiger partial charge on any atom is 0.322 e. The molecule has 146 valence electrons. The first kappa shape index (κ1) is 19.2. The van der Waals surface area contributed by atoms with E-state index in [4.69, 9.17) is 32.4 Å². The number of amides is 1. The third kappa shape index (κ3) is 4.16. The summed E-state index contributed by atoms with van der Waals surface area (Å²) in [4.78, 5) is 16.7. The second kappa shape index (κ2) is 8.06. The number of hydrogen-bond acceptors (Lipinski definition) is 6. The number of fused-ring (bicyclic) bond motifs is 1. The lowest BCUT2D eigenvalue weighted by Gasteiger charge is -2.11. The molecule has 2 aromatic heterocycles. The Balaban J connectivity index is 1.48. The Kier molecular flexibility index (Phi) is 5.33. The van der Waals surface area contributed by atoms with Crippen LogP contribution in [0.25, 0.3) is 22.4 Å². The SMILES string of the molecule is Cc1ccc2c(Cl)cc(Cl)c(OCC(=O)Nc3nnc(-c4ccccc4)o3)c2n1. The maximum atomic E-state index is 12.3. The Hall–Kier alpha value is -3.16. The number of benzene rings is 2. The molecule has 0 aliphatic carbocycles. The van der Waals surface area contributed by atoms with Gasteiger partial charge < -0.3 is 9.15 Å². The molecular weight excluding hydrogens is 415 g/mol. The lowest BCUT2D eigenvalue weighted by Crippen LogP contribution is -2.20. The van der Waals surface area contributed by atoms with E-state index >= 15 is 0 Å². The topological polar surface area (TPSA) is 90.1 Å². The van der Waals surface area contributed by atoms with E-state index in [1.54, 1.807) is 6.07 Å². The summed E-state index contributed by atoms with van der Waals surface area (Å²) in [5, 5.41) is 11.6. The Morgan fingerprint density at radius 3 is 2.69 bits per heavy atom. The van der Waals surface area contributed by atoms with Gasteiger partial charge in [-0.1, -0.05) is 46.5 Å². The van der Waals surface area contributed by atoms with Gasteiger partial charge in [-0.05, 0) is 37.3 Å². The summed E-state index contributed by atoms with van der Waals surface area (Å²) in [6.07, 6.45) is 0. The molecule has 29 heavy (non-hydrogen) atoms. The minimum absolute atomic E-state index is 0.0292. The molecule has 0 radical (unpaired) electrons. The molecule has 4 rings (SSSR count). The molecular formula is C20H14Cl2N4O3. The van der Waals surface area contributed by atoms with Gasteiger partial charge in [-0.25, -0.2) is 4.98 Å². The monoisotopic (exact) mass is 428 g/mol. The predicted octanol–water partition coefficient (Wildman–Crippen LogP) is 4.92. The molecule has 0 saturated carbocycles. The lowest BCUT2D eigenvalue weighted by atomic mass is 10.2. The van der Waals surface area contributed by atoms with E-state index in [0.29, 0.717) is 21.8 Å². The van der Waals surface area contributed by atoms with E-state index in [-0.39, 0.29) is 23.4 Å². The van der Waals surface area contributed by atoms with Crippen LogP contribution < -0.4 is 10.1 Å². The van der Waals surface area contributed by atoms with E-state index in [2.05, 4.69) is 20.5 Å². The van der Waals surface area contributed by atoms with E-state index < -0.39 is 5.91 Å². The van der Waals surface area contributed by atoms with Crippen LogP contribution in [0.4, 0.5) is 6.01 Å². The quantitative estimate of drug-likeness (QED) is 0.485. The second-order valence-corrected chi connectivity index (χ2v) is 6.95. The first-order valence-corrected chi connectivity index (χ1v) is 9.34. The van der Waals surface area contributed by atoms with Gasteiger partial charge in [0.15, 0.2) is 12.4 Å². The minimum atomic E-state index is -0.486. The fourth-order valence-corrected chi connectivity index (χ4v) is 3.26. The molecule has 4 aromatic rings. The molecule has 2 heterocycles. The fraction of sp³-hybridized carbons (Fsp3) is 0.100. The lowest BCUT2D eigenvalue weighted by molar-refractivity contribution is -0.118. The van der Waals surface area contributed by atoms with Crippen LogP contribution in [-0.2, 0) is 4.79 Å². The van der Waals surface area contributed by atoms with Crippen LogP contribution in [0.5, 0.6) is 5.75 Å². The summed E-state index contributed by atoms with van der Waals surface area (Å²) in [6.45, 7) is 1.51. The van der Waals surface area contributed by atoms with Crippen molar-refractivity contribution >= 4 is 46.0 Å². The number of pyridine rings is 1. The van der Waals surface area contributed by atoms with Crippen LogP contribution in [0, 0.1) is 6.92 Å². The number of carbonyl (C=O) groups is 1. The molecule has 1 amide bonds. The number of hydrogen-bond donors (Lipinski definition) is 1. The van der Waals surface area contributed by atoms with Crippen molar-refractivity contribution in [3.8, 4) is 17.2 Å². The molecule has 2 aromatic carbocycles. The van der Waals surface area contributed by atoms with Gasteiger partial charge in [0.25, 0.3) is 5.91 Å². The van der Waals surface area contributed by atoms with Crippen molar-refractivity contribution < 1.29 is 13.9 Å². The summed E-state index contributed by atoms with van der Waals surface area (Å²) < 4.78 is 11.1. The van der Waals surface area contributed by atoms with Gasteiger partial charge >= 0.3 is 6.01 Å². The Morgan fingerprint density at radius 2 is 1.90 bits per heavy atom. The number of ether oxygens (including phenoxy) is 1. The average Bonchev–Trinajstić information content (AvgIpc) is 3.16. The number of nitrogens with zero attached hydrogens (tertiary/aromatic N) is 3. The average molecular weight is 429 g/mol. The van der Waals surface area contributed by atoms with Crippen LogP contribution in [0.1, 0.15) is 5.69 Å². The van der Waals surface area contributed by atoms with Gasteiger partial charge in [0.1, 0.15) is 5.52 Å². The van der Waals surface area contributed by atoms with Gasteiger partial charge in [-0.2, -0.15) is 0 Å².